The van der Waals surface area contributed by atoms with Crippen molar-refractivity contribution in [2.24, 2.45) is 17.6 Å². The number of amides is 1. The van der Waals surface area contributed by atoms with E-state index in [-0.39, 0.29) is 11.8 Å². The predicted octanol–water partition coefficient (Wildman–Crippen LogP) is 1.26. The fraction of sp³-hybridized carbons (Fsp3) is 0.941. The number of carbonyl (C=O) groups is 1. The summed E-state index contributed by atoms with van der Waals surface area (Å²) in [5.74, 6) is 1.05. The summed E-state index contributed by atoms with van der Waals surface area (Å²) in [5.41, 5.74) is 5.88. The zero-order valence-electron chi connectivity index (χ0n) is 14.1. The van der Waals surface area contributed by atoms with Crippen molar-refractivity contribution in [1.82, 2.24) is 5.32 Å². The summed E-state index contributed by atoms with van der Waals surface area (Å²) < 4.78 is 0. The molecule has 4 atom stereocenters. The molecule has 6 heteroatoms. The largest absolute Gasteiger partial charge is 0.390 e. The molecule has 0 aromatic rings. The van der Waals surface area contributed by atoms with Gasteiger partial charge in [0.25, 0.3) is 0 Å². The molecule has 2 fully saturated rings. The lowest BCUT2D eigenvalue weighted by Gasteiger charge is -2.33. The molecule has 5 nitrogen and oxygen atoms in total. The summed E-state index contributed by atoms with van der Waals surface area (Å²) in [4.78, 5) is 12.3. The number of hydrogen-bond donors (Lipinski definition) is 4. The molecule has 0 radical (unpaired) electrons. The van der Waals surface area contributed by atoms with Gasteiger partial charge in [0.1, 0.15) is 6.10 Å². The summed E-state index contributed by atoms with van der Waals surface area (Å²) in [6.45, 7) is 0. The quantitative estimate of drug-likeness (QED) is 0.505. The standard InChI is InChI=1S/C17H32N2O3S/c1-23-10-13(18)17(22)19-14(9-11-5-3-2-4-6-11)16(21)15(20)12-7-8-12/h11-16,20-21H,2-10,18H2,1H3,(H,19,22)/t13-,14-,15-,16+/m0/s1. The summed E-state index contributed by atoms with van der Waals surface area (Å²) in [7, 11) is 0. The number of rotatable bonds is 9. The fourth-order valence-corrected chi connectivity index (χ4v) is 4.08. The van der Waals surface area contributed by atoms with E-state index in [9.17, 15) is 15.0 Å². The predicted molar refractivity (Wildman–Crippen MR) is 94.2 cm³/mol. The van der Waals surface area contributed by atoms with Crippen LogP contribution in [0.1, 0.15) is 51.4 Å². The van der Waals surface area contributed by atoms with Crippen molar-refractivity contribution >= 4 is 17.7 Å². The smallest absolute Gasteiger partial charge is 0.238 e. The monoisotopic (exact) mass is 344 g/mol. The third kappa shape index (κ3) is 5.93. The molecule has 0 heterocycles. The van der Waals surface area contributed by atoms with Gasteiger partial charge in [-0.3, -0.25) is 4.79 Å². The lowest BCUT2D eigenvalue weighted by Crippen LogP contribution is -2.54. The normalized spacial score (nSPS) is 24.7. The Morgan fingerprint density at radius 1 is 1.22 bits per heavy atom. The lowest BCUT2D eigenvalue weighted by atomic mass is 9.82. The van der Waals surface area contributed by atoms with E-state index < -0.39 is 24.3 Å². The van der Waals surface area contributed by atoms with Gasteiger partial charge in [0, 0.05) is 5.75 Å². The van der Waals surface area contributed by atoms with Crippen molar-refractivity contribution in [2.75, 3.05) is 12.0 Å². The van der Waals surface area contributed by atoms with E-state index in [0.29, 0.717) is 11.7 Å². The zero-order chi connectivity index (χ0) is 16.8. The molecule has 0 aromatic heterocycles. The molecule has 2 aliphatic carbocycles. The highest BCUT2D eigenvalue weighted by atomic mass is 32.2. The van der Waals surface area contributed by atoms with Crippen LogP contribution in [-0.2, 0) is 4.79 Å². The highest BCUT2D eigenvalue weighted by Crippen LogP contribution is 2.36. The molecular weight excluding hydrogens is 312 g/mol. The van der Waals surface area contributed by atoms with Gasteiger partial charge in [-0.1, -0.05) is 32.1 Å². The molecule has 1 amide bonds. The summed E-state index contributed by atoms with van der Waals surface area (Å²) in [6.07, 6.45) is 8.97. The van der Waals surface area contributed by atoms with Crippen LogP contribution < -0.4 is 11.1 Å². The van der Waals surface area contributed by atoms with Gasteiger partial charge in [-0.2, -0.15) is 11.8 Å². The van der Waals surface area contributed by atoms with Crippen LogP contribution >= 0.6 is 11.8 Å². The maximum atomic E-state index is 12.3. The van der Waals surface area contributed by atoms with Crippen molar-refractivity contribution < 1.29 is 15.0 Å². The van der Waals surface area contributed by atoms with Gasteiger partial charge in [0.05, 0.1) is 18.2 Å². The maximum Gasteiger partial charge on any atom is 0.238 e. The minimum atomic E-state index is -0.894. The first kappa shape index (κ1) is 19.0. The van der Waals surface area contributed by atoms with Crippen LogP contribution in [0.3, 0.4) is 0 Å². The van der Waals surface area contributed by atoms with Crippen molar-refractivity contribution in [3.8, 4) is 0 Å². The van der Waals surface area contributed by atoms with Gasteiger partial charge in [-0.25, -0.2) is 0 Å². The fourth-order valence-electron chi connectivity index (χ4n) is 3.57. The second-order valence-electron chi connectivity index (χ2n) is 7.24. The van der Waals surface area contributed by atoms with E-state index in [4.69, 9.17) is 5.73 Å². The van der Waals surface area contributed by atoms with Crippen LogP contribution in [0.25, 0.3) is 0 Å². The highest BCUT2D eigenvalue weighted by molar-refractivity contribution is 7.98. The molecule has 0 spiro atoms. The van der Waals surface area contributed by atoms with Crippen molar-refractivity contribution in [1.29, 1.82) is 0 Å². The number of hydrogen-bond acceptors (Lipinski definition) is 5. The van der Waals surface area contributed by atoms with Gasteiger partial charge >= 0.3 is 0 Å². The Bertz CT molecular complexity index is 373. The van der Waals surface area contributed by atoms with Crippen molar-refractivity contribution in [3.05, 3.63) is 0 Å². The Hall–Kier alpha value is -0.300. The van der Waals surface area contributed by atoms with E-state index in [1.165, 1.54) is 31.0 Å². The molecule has 0 aromatic carbocycles. The molecule has 0 bridgehead atoms. The Morgan fingerprint density at radius 2 is 1.87 bits per heavy atom. The van der Waals surface area contributed by atoms with Gasteiger partial charge in [0.2, 0.25) is 5.91 Å². The number of nitrogens with one attached hydrogen (secondary N) is 1. The van der Waals surface area contributed by atoms with E-state index in [1.54, 1.807) is 0 Å². The highest BCUT2D eigenvalue weighted by Gasteiger charge is 2.39. The van der Waals surface area contributed by atoms with Crippen LogP contribution in [0, 0.1) is 11.8 Å². The van der Waals surface area contributed by atoms with Crippen molar-refractivity contribution in [3.63, 3.8) is 0 Å². The molecule has 0 saturated heterocycles. The topological polar surface area (TPSA) is 95.6 Å². The Labute approximate surface area is 143 Å². The average Bonchev–Trinajstić information content (AvgIpc) is 3.39. The summed E-state index contributed by atoms with van der Waals surface area (Å²) in [6, 6.07) is -0.960. The average molecular weight is 345 g/mol. The number of nitrogens with two attached hydrogens (primary N) is 1. The maximum absolute atomic E-state index is 12.3. The van der Waals surface area contributed by atoms with Crippen LogP contribution in [0.15, 0.2) is 0 Å². The second-order valence-corrected chi connectivity index (χ2v) is 8.15. The van der Waals surface area contributed by atoms with E-state index >= 15 is 0 Å². The molecule has 23 heavy (non-hydrogen) atoms. The van der Waals surface area contributed by atoms with E-state index in [0.717, 1.165) is 32.1 Å². The van der Waals surface area contributed by atoms with Crippen LogP contribution in [0.4, 0.5) is 0 Å². The Morgan fingerprint density at radius 3 is 2.43 bits per heavy atom. The number of aliphatic hydroxyl groups excluding tert-OH is 2. The van der Waals surface area contributed by atoms with Crippen LogP contribution in [0.2, 0.25) is 0 Å². The minimum absolute atomic E-state index is 0.190. The van der Waals surface area contributed by atoms with Crippen LogP contribution in [-0.4, -0.2) is 52.4 Å². The first-order valence-electron chi connectivity index (χ1n) is 8.94. The summed E-state index contributed by atoms with van der Waals surface area (Å²) in [5, 5.41) is 23.8. The SMILES string of the molecule is CSC[C@H](N)C(=O)N[C@@H](CC1CCCCC1)[C@@H](O)[C@@H](O)C1CC1. The molecule has 134 valence electrons. The molecular formula is C17H32N2O3S. The molecule has 0 unspecified atom stereocenters. The number of aliphatic hydroxyl groups is 2. The molecule has 2 rings (SSSR count). The summed E-state index contributed by atoms with van der Waals surface area (Å²) >= 11 is 1.53. The third-order valence-electron chi connectivity index (χ3n) is 5.19. The number of carbonyl (C=O) groups excluding carboxylic acids is 1. The van der Waals surface area contributed by atoms with E-state index in [1.807, 2.05) is 6.26 Å². The third-order valence-corrected chi connectivity index (χ3v) is 5.88. The lowest BCUT2D eigenvalue weighted by molar-refractivity contribution is -0.124. The Balaban J connectivity index is 1.95. The molecule has 2 aliphatic rings. The van der Waals surface area contributed by atoms with Gasteiger partial charge in [0.15, 0.2) is 0 Å². The van der Waals surface area contributed by atoms with Gasteiger partial charge < -0.3 is 21.3 Å². The van der Waals surface area contributed by atoms with Gasteiger partial charge in [-0.05, 0) is 37.4 Å². The molecule has 0 aliphatic heterocycles. The Kier molecular flexibility index (Phi) is 7.66. The van der Waals surface area contributed by atoms with E-state index in [2.05, 4.69) is 5.32 Å². The minimum Gasteiger partial charge on any atom is -0.390 e. The van der Waals surface area contributed by atoms with Crippen molar-refractivity contribution in [2.45, 2.75) is 75.7 Å². The first-order chi connectivity index (χ1) is 11.0. The first-order valence-corrected chi connectivity index (χ1v) is 10.3. The molecule has 2 saturated carbocycles. The zero-order valence-corrected chi connectivity index (χ0v) is 14.9. The van der Waals surface area contributed by atoms with Crippen LogP contribution in [0.5, 0.6) is 0 Å². The second kappa shape index (κ2) is 9.25. The number of thioether (sulfide) groups is 1. The van der Waals surface area contributed by atoms with Gasteiger partial charge in [-0.15, -0.1) is 0 Å². The molecule has 5 N–H and O–H groups in total.